The fourth-order valence-corrected chi connectivity index (χ4v) is 1.38. The monoisotopic (exact) mass is 192 g/mol. The predicted octanol–water partition coefficient (Wildman–Crippen LogP) is 2.58. The molecule has 2 rings (SSSR count). The lowest BCUT2D eigenvalue weighted by molar-refractivity contribution is 0.781. The molecule has 0 bridgehead atoms. The van der Waals surface area contributed by atoms with E-state index in [9.17, 15) is 0 Å². The van der Waals surface area contributed by atoms with E-state index in [-0.39, 0.29) is 0 Å². The second-order valence-corrected chi connectivity index (χ2v) is 3.19. The van der Waals surface area contributed by atoms with E-state index >= 15 is 0 Å². The number of aromatic nitrogens is 2. The Balaban J connectivity index is 2.19. The highest BCUT2D eigenvalue weighted by Gasteiger charge is 1.95. The highest BCUT2D eigenvalue weighted by molar-refractivity contribution is 6.29. The van der Waals surface area contributed by atoms with Crippen LogP contribution >= 0.6 is 11.6 Å². The number of hydrogen-bond acceptors (Lipinski definition) is 1. The standard InChI is InChI=1S/C10H9ClN2/c11-10-5-3-4-9(12-10)8-13-6-1-2-7-13/h1-7H,8H2. The Morgan fingerprint density at radius 1 is 1.15 bits per heavy atom. The maximum absolute atomic E-state index is 5.76. The molecular formula is C10H9ClN2. The fraction of sp³-hybridized carbons (Fsp3) is 0.100. The van der Waals surface area contributed by atoms with Crippen LogP contribution in [0.3, 0.4) is 0 Å². The molecule has 2 heterocycles. The van der Waals surface area contributed by atoms with E-state index in [1.165, 1.54) is 0 Å². The molecule has 0 saturated carbocycles. The quantitative estimate of drug-likeness (QED) is 0.669. The molecule has 0 amide bonds. The van der Waals surface area contributed by atoms with Gasteiger partial charge >= 0.3 is 0 Å². The van der Waals surface area contributed by atoms with Crippen LogP contribution in [0.15, 0.2) is 42.7 Å². The van der Waals surface area contributed by atoms with Crippen molar-refractivity contribution in [3.63, 3.8) is 0 Å². The van der Waals surface area contributed by atoms with Gasteiger partial charge in [0.25, 0.3) is 0 Å². The molecule has 2 aromatic heterocycles. The first-order valence-corrected chi connectivity index (χ1v) is 4.44. The van der Waals surface area contributed by atoms with Crippen molar-refractivity contribution in [2.24, 2.45) is 0 Å². The Hall–Kier alpha value is -1.28. The average Bonchev–Trinajstić information content (AvgIpc) is 2.57. The van der Waals surface area contributed by atoms with Gasteiger partial charge in [0.15, 0.2) is 0 Å². The number of nitrogens with zero attached hydrogens (tertiary/aromatic N) is 2. The maximum atomic E-state index is 5.76. The Bertz CT molecular complexity index is 382. The molecule has 0 aliphatic carbocycles. The lowest BCUT2D eigenvalue weighted by Gasteiger charge is -2.01. The number of rotatable bonds is 2. The molecule has 2 aromatic rings. The molecular weight excluding hydrogens is 184 g/mol. The van der Waals surface area contributed by atoms with Gasteiger partial charge in [-0.25, -0.2) is 4.98 Å². The van der Waals surface area contributed by atoms with Crippen molar-refractivity contribution in [2.75, 3.05) is 0 Å². The van der Waals surface area contributed by atoms with Crippen molar-refractivity contribution in [2.45, 2.75) is 6.54 Å². The van der Waals surface area contributed by atoms with Crippen LogP contribution in [0.4, 0.5) is 0 Å². The lowest BCUT2D eigenvalue weighted by atomic mass is 10.3. The molecule has 0 radical (unpaired) electrons. The normalized spacial score (nSPS) is 10.2. The zero-order chi connectivity index (χ0) is 9.10. The van der Waals surface area contributed by atoms with Crippen LogP contribution in [-0.4, -0.2) is 9.55 Å². The first kappa shape index (κ1) is 8.32. The summed E-state index contributed by atoms with van der Waals surface area (Å²) in [6.45, 7) is 0.771. The molecule has 0 N–H and O–H groups in total. The molecule has 0 unspecified atom stereocenters. The highest BCUT2D eigenvalue weighted by atomic mass is 35.5. The zero-order valence-corrected chi connectivity index (χ0v) is 7.78. The van der Waals surface area contributed by atoms with Gasteiger partial charge in [0.2, 0.25) is 0 Å². The van der Waals surface area contributed by atoms with Crippen LogP contribution in [0, 0.1) is 0 Å². The second-order valence-electron chi connectivity index (χ2n) is 2.81. The third kappa shape index (κ3) is 2.10. The Labute approximate surface area is 81.8 Å². The summed E-state index contributed by atoms with van der Waals surface area (Å²) in [6, 6.07) is 9.63. The summed E-state index contributed by atoms with van der Waals surface area (Å²) >= 11 is 5.76. The molecule has 0 fully saturated rings. The van der Waals surface area contributed by atoms with Crippen LogP contribution < -0.4 is 0 Å². The Kier molecular flexibility index (Phi) is 2.32. The van der Waals surface area contributed by atoms with Gasteiger partial charge in [-0.15, -0.1) is 0 Å². The molecule has 0 atom stereocenters. The largest absolute Gasteiger partial charge is 0.348 e. The minimum atomic E-state index is 0.546. The van der Waals surface area contributed by atoms with Crippen molar-refractivity contribution >= 4 is 11.6 Å². The van der Waals surface area contributed by atoms with Gasteiger partial charge in [-0.2, -0.15) is 0 Å². The molecule has 13 heavy (non-hydrogen) atoms. The Morgan fingerprint density at radius 3 is 2.62 bits per heavy atom. The van der Waals surface area contributed by atoms with Crippen molar-refractivity contribution in [1.29, 1.82) is 0 Å². The van der Waals surface area contributed by atoms with Gasteiger partial charge in [0.1, 0.15) is 5.15 Å². The average molecular weight is 193 g/mol. The third-order valence-corrected chi connectivity index (χ3v) is 1.99. The van der Waals surface area contributed by atoms with E-state index in [1.54, 1.807) is 6.07 Å². The summed E-state index contributed by atoms with van der Waals surface area (Å²) in [5.74, 6) is 0. The topological polar surface area (TPSA) is 17.8 Å². The van der Waals surface area contributed by atoms with Crippen LogP contribution in [0.5, 0.6) is 0 Å². The van der Waals surface area contributed by atoms with Crippen molar-refractivity contribution in [3.05, 3.63) is 53.6 Å². The van der Waals surface area contributed by atoms with Crippen molar-refractivity contribution in [3.8, 4) is 0 Å². The fourth-order valence-electron chi connectivity index (χ4n) is 1.20. The summed E-state index contributed by atoms with van der Waals surface area (Å²) in [5.41, 5.74) is 0.976. The summed E-state index contributed by atoms with van der Waals surface area (Å²) in [6.07, 6.45) is 4.01. The first-order valence-electron chi connectivity index (χ1n) is 4.07. The van der Waals surface area contributed by atoms with E-state index in [1.807, 2.05) is 36.7 Å². The highest BCUT2D eigenvalue weighted by Crippen LogP contribution is 2.06. The molecule has 3 heteroatoms. The molecule has 0 spiro atoms. The minimum Gasteiger partial charge on any atom is -0.348 e. The van der Waals surface area contributed by atoms with Crippen molar-refractivity contribution < 1.29 is 0 Å². The van der Waals surface area contributed by atoms with E-state index in [2.05, 4.69) is 9.55 Å². The van der Waals surface area contributed by atoms with E-state index in [0.717, 1.165) is 12.2 Å². The molecule has 2 nitrogen and oxygen atoms in total. The Morgan fingerprint density at radius 2 is 1.92 bits per heavy atom. The summed E-state index contributed by atoms with van der Waals surface area (Å²) in [5, 5.41) is 0.546. The van der Waals surface area contributed by atoms with Crippen LogP contribution in [0.1, 0.15) is 5.69 Å². The van der Waals surface area contributed by atoms with Gasteiger partial charge in [-0.05, 0) is 24.3 Å². The van der Waals surface area contributed by atoms with E-state index < -0.39 is 0 Å². The van der Waals surface area contributed by atoms with Crippen molar-refractivity contribution in [1.82, 2.24) is 9.55 Å². The van der Waals surface area contributed by atoms with Gasteiger partial charge in [-0.1, -0.05) is 17.7 Å². The zero-order valence-electron chi connectivity index (χ0n) is 7.02. The van der Waals surface area contributed by atoms with Gasteiger partial charge in [-0.3, -0.25) is 0 Å². The van der Waals surface area contributed by atoms with E-state index in [4.69, 9.17) is 11.6 Å². The smallest absolute Gasteiger partial charge is 0.129 e. The molecule has 0 aliphatic heterocycles. The number of hydrogen-bond donors (Lipinski definition) is 0. The van der Waals surface area contributed by atoms with Crippen LogP contribution in [0.25, 0.3) is 0 Å². The molecule has 66 valence electrons. The summed E-state index contributed by atoms with van der Waals surface area (Å²) in [7, 11) is 0. The summed E-state index contributed by atoms with van der Waals surface area (Å²) < 4.78 is 2.05. The van der Waals surface area contributed by atoms with Gasteiger partial charge in [0.05, 0.1) is 12.2 Å². The number of pyridine rings is 1. The third-order valence-electron chi connectivity index (χ3n) is 1.78. The lowest BCUT2D eigenvalue weighted by Crippen LogP contribution is -1.98. The predicted molar refractivity (Wildman–Crippen MR) is 52.8 cm³/mol. The second kappa shape index (κ2) is 3.62. The molecule has 0 aromatic carbocycles. The summed E-state index contributed by atoms with van der Waals surface area (Å²) in [4.78, 5) is 4.19. The van der Waals surface area contributed by atoms with Gasteiger partial charge in [0, 0.05) is 12.4 Å². The van der Waals surface area contributed by atoms with E-state index in [0.29, 0.717) is 5.15 Å². The SMILES string of the molecule is Clc1cccc(Cn2cccc2)n1. The van der Waals surface area contributed by atoms with Gasteiger partial charge < -0.3 is 4.57 Å². The maximum Gasteiger partial charge on any atom is 0.129 e. The molecule has 0 aliphatic rings. The first-order chi connectivity index (χ1) is 6.34. The van der Waals surface area contributed by atoms with Crippen LogP contribution in [-0.2, 0) is 6.54 Å². The minimum absolute atomic E-state index is 0.546. The molecule has 0 saturated heterocycles. The number of halogens is 1. The van der Waals surface area contributed by atoms with Crippen LogP contribution in [0.2, 0.25) is 5.15 Å².